The van der Waals surface area contributed by atoms with E-state index in [0.29, 0.717) is 15.0 Å². The molecule has 20 heavy (non-hydrogen) atoms. The summed E-state index contributed by atoms with van der Waals surface area (Å²) < 4.78 is 1.13. The maximum Gasteiger partial charge on any atom is 0.266 e. The van der Waals surface area contributed by atoms with Gasteiger partial charge in [-0.2, -0.15) is 0 Å². The average molecular weight is 417 g/mol. The molecule has 2 aromatic heterocycles. The fourth-order valence-electron chi connectivity index (χ4n) is 2.20. The van der Waals surface area contributed by atoms with E-state index in [2.05, 4.69) is 47.1 Å². The molecule has 0 saturated heterocycles. The van der Waals surface area contributed by atoms with Crippen molar-refractivity contribution in [2.45, 2.75) is 25.7 Å². The summed E-state index contributed by atoms with van der Waals surface area (Å²) in [6, 6.07) is 2.01. The number of halogens is 2. The molecule has 1 N–H and O–H groups in total. The molecule has 0 atom stereocenters. The maximum absolute atomic E-state index is 12.3. The van der Waals surface area contributed by atoms with Gasteiger partial charge in [-0.15, -0.1) is 11.3 Å². The van der Waals surface area contributed by atoms with Crippen molar-refractivity contribution in [2.24, 2.45) is 0 Å². The number of carbonyl (C=O) groups is 1. The highest BCUT2D eigenvalue weighted by atomic mass is 79.9. The number of rotatable bonds is 2. The van der Waals surface area contributed by atoms with Crippen LogP contribution in [0.15, 0.2) is 21.5 Å². The average Bonchev–Trinajstić information content (AvgIpc) is 2.86. The maximum atomic E-state index is 12.3. The van der Waals surface area contributed by atoms with E-state index in [1.807, 2.05) is 6.07 Å². The Kier molecular flexibility index (Phi) is 4.18. The molecule has 7 heteroatoms. The third-order valence-electron chi connectivity index (χ3n) is 3.15. The van der Waals surface area contributed by atoms with Crippen molar-refractivity contribution < 1.29 is 4.79 Å². The van der Waals surface area contributed by atoms with Crippen LogP contribution in [0.2, 0.25) is 0 Å². The van der Waals surface area contributed by atoms with Crippen LogP contribution in [0.3, 0.4) is 0 Å². The summed E-state index contributed by atoms with van der Waals surface area (Å²) in [6.45, 7) is 0. The molecular weight excluding hydrogens is 406 g/mol. The van der Waals surface area contributed by atoms with E-state index >= 15 is 0 Å². The van der Waals surface area contributed by atoms with E-state index in [-0.39, 0.29) is 5.91 Å². The molecule has 1 amide bonds. The van der Waals surface area contributed by atoms with Crippen molar-refractivity contribution in [3.05, 3.63) is 36.8 Å². The van der Waals surface area contributed by atoms with E-state index in [1.54, 1.807) is 17.5 Å². The van der Waals surface area contributed by atoms with Crippen molar-refractivity contribution in [2.75, 3.05) is 5.32 Å². The summed E-state index contributed by atoms with van der Waals surface area (Å²) >= 11 is 8.11. The van der Waals surface area contributed by atoms with Gasteiger partial charge in [-0.05, 0) is 69.2 Å². The lowest BCUT2D eigenvalue weighted by Crippen LogP contribution is -2.12. The molecule has 0 spiro atoms. The van der Waals surface area contributed by atoms with Crippen LogP contribution in [0.5, 0.6) is 0 Å². The first kappa shape index (κ1) is 14.2. The Balaban J connectivity index is 1.80. The summed E-state index contributed by atoms with van der Waals surface area (Å²) in [5.74, 6) is 0.311. The summed E-state index contributed by atoms with van der Waals surface area (Å²) in [5, 5.41) is 2.79. The van der Waals surface area contributed by atoms with Crippen molar-refractivity contribution in [3.8, 4) is 0 Å². The number of amides is 1. The normalized spacial score (nSPS) is 13.9. The van der Waals surface area contributed by atoms with Crippen LogP contribution < -0.4 is 5.32 Å². The number of nitrogens with one attached hydrogen (secondary N) is 1. The molecule has 4 nitrogen and oxygen atoms in total. The molecule has 104 valence electrons. The highest BCUT2D eigenvalue weighted by Crippen LogP contribution is 2.30. The van der Waals surface area contributed by atoms with Gasteiger partial charge in [0.1, 0.15) is 9.21 Å². The fourth-order valence-corrected chi connectivity index (χ4v) is 4.26. The SMILES string of the molecule is O=C(Nc1ncc(Br)nc1Br)c1cc2c(s1)CCCC2. The molecule has 1 aliphatic rings. The molecular formula is C13H11Br2N3OS. The quantitative estimate of drug-likeness (QED) is 0.798. The third kappa shape index (κ3) is 2.94. The second kappa shape index (κ2) is 5.91. The molecule has 0 aliphatic heterocycles. The molecule has 3 rings (SSSR count). The van der Waals surface area contributed by atoms with Gasteiger partial charge < -0.3 is 5.32 Å². The van der Waals surface area contributed by atoms with E-state index < -0.39 is 0 Å². The third-order valence-corrected chi connectivity index (χ3v) is 5.32. The number of thiophene rings is 1. The summed E-state index contributed by atoms with van der Waals surface area (Å²) in [4.78, 5) is 22.6. The highest BCUT2D eigenvalue weighted by Gasteiger charge is 2.18. The molecule has 0 saturated carbocycles. The largest absolute Gasteiger partial charge is 0.304 e. The van der Waals surface area contributed by atoms with E-state index in [4.69, 9.17) is 0 Å². The predicted octanol–water partition coefficient (Wildman–Crippen LogP) is 4.19. The van der Waals surface area contributed by atoms with Gasteiger partial charge in [0.05, 0.1) is 11.1 Å². The summed E-state index contributed by atoms with van der Waals surface area (Å²) in [5.41, 5.74) is 1.33. The van der Waals surface area contributed by atoms with Gasteiger partial charge in [0, 0.05) is 4.88 Å². The Morgan fingerprint density at radius 3 is 2.85 bits per heavy atom. The number of nitrogens with zero attached hydrogens (tertiary/aromatic N) is 2. The number of aryl methyl sites for hydroxylation is 2. The van der Waals surface area contributed by atoms with Crippen LogP contribution in [0.1, 0.15) is 33.0 Å². The van der Waals surface area contributed by atoms with Crippen LogP contribution in [-0.4, -0.2) is 15.9 Å². The number of anilines is 1. The van der Waals surface area contributed by atoms with Crippen LogP contribution in [0.4, 0.5) is 5.82 Å². The number of fused-ring (bicyclic) bond motifs is 1. The predicted molar refractivity (Wildman–Crippen MR) is 86.3 cm³/mol. The molecule has 2 aromatic rings. The van der Waals surface area contributed by atoms with Gasteiger partial charge in [-0.25, -0.2) is 9.97 Å². The van der Waals surface area contributed by atoms with Crippen molar-refractivity contribution in [3.63, 3.8) is 0 Å². The van der Waals surface area contributed by atoms with Gasteiger partial charge in [0.2, 0.25) is 0 Å². The molecule has 0 aromatic carbocycles. The minimum atomic E-state index is -0.123. The molecule has 0 unspecified atom stereocenters. The first-order chi connectivity index (χ1) is 9.63. The van der Waals surface area contributed by atoms with Crippen molar-refractivity contribution in [1.82, 2.24) is 9.97 Å². The van der Waals surface area contributed by atoms with Crippen LogP contribution in [0.25, 0.3) is 0 Å². The van der Waals surface area contributed by atoms with E-state index in [1.165, 1.54) is 23.3 Å². The zero-order valence-corrected chi connectivity index (χ0v) is 14.4. The topological polar surface area (TPSA) is 54.9 Å². The van der Waals surface area contributed by atoms with Gasteiger partial charge in [-0.1, -0.05) is 0 Å². The first-order valence-electron chi connectivity index (χ1n) is 6.24. The lowest BCUT2D eigenvalue weighted by atomic mass is 9.99. The number of hydrogen-bond acceptors (Lipinski definition) is 4. The summed E-state index contributed by atoms with van der Waals surface area (Å²) in [6.07, 6.45) is 6.17. The number of carbonyl (C=O) groups excluding carboxylic acids is 1. The second-order valence-electron chi connectivity index (χ2n) is 4.55. The van der Waals surface area contributed by atoms with Crippen LogP contribution >= 0.6 is 43.2 Å². The molecule has 0 bridgehead atoms. The smallest absolute Gasteiger partial charge is 0.266 e. The monoisotopic (exact) mass is 415 g/mol. The lowest BCUT2D eigenvalue weighted by molar-refractivity contribution is 0.103. The summed E-state index contributed by atoms with van der Waals surface area (Å²) in [7, 11) is 0. The van der Waals surface area contributed by atoms with Gasteiger partial charge in [-0.3, -0.25) is 4.79 Å². The molecule has 1 aliphatic carbocycles. The van der Waals surface area contributed by atoms with Crippen molar-refractivity contribution >= 4 is 54.9 Å². The molecule has 2 heterocycles. The number of hydrogen-bond donors (Lipinski definition) is 1. The van der Waals surface area contributed by atoms with Crippen LogP contribution in [0, 0.1) is 0 Å². The van der Waals surface area contributed by atoms with Gasteiger partial charge >= 0.3 is 0 Å². The molecule has 0 radical (unpaired) electrons. The Labute approximate surface area is 137 Å². The van der Waals surface area contributed by atoms with Crippen LogP contribution in [-0.2, 0) is 12.8 Å². The Bertz CT molecular complexity index is 648. The zero-order valence-electron chi connectivity index (χ0n) is 10.4. The highest BCUT2D eigenvalue weighted by molar-refractivity contribution is 9.11. The Morgan fingerprint density at radius 1 is 1.30 bits per heavy atom. The minimum Gasteiger partial charge on any atom is -0.304 e. The minimum absolute atomic E-state index is 0.123. The Morgan fingerprint density at radius 2 is 2.10 bits per heavy atom. The van der Waals surface area contributed by atoms with Gasteiger partial charge in [0.15, 0.2) is 5.82 Å². The number of aromatic nitrogens is 2. The van der Waals surface area contributed by atoms with E-state index in [0.717, 1.165) is 17.7 Å². The standard InChI is InChI=1S/C13H11Br2N3OS/c14-10-6-16-12(11(15)17-10)18-13(19)9-5-7-3-1-2-4-8(7)20-9/h5-6H,1-4H2,(H,16,18,19). The fraction of sp³-hybridized carbons (Fsp3) is 0.308. The zero-order chi connectivity index (χ0) is 14.1. The van der Waals surface area contributed by atoms with Crippen molar-refractivity contribution in [1.29, 1.82) is 0 Å². The molecule has 0 fully saturated rings. The second-order valence-corrected chi connectivity index (χ2v) is 7.25. The van der Waals surface area contributed by atoms with E-state index in [9.17, 15) is 4.79 Å². The first-order valence-corrected chi connectivity index (χ1v) is 8.64. The van der Waals surface area contributed by atoms with Gasteiger partial charge in [0.25, 0.3) is 5.91 Å². The Hall–Kier alpha value is -0.790. The lowest BCUT2D eigenvalue weighted by Gasteiger charge is -2.08.